The summed E-state index contributed by atoms with van der Waals surface area (Å²) in [5, 5.41) is 3.00. The van der Waals surface area contributed by atoms with Crippen LogP contribution >= 0.6 is 31.9 Å². The monoisotopic (exact) mass is 349 g/mol. The molecule has 1 aromatic carbocycles. The summed E-state index contributed by atoms with van der Waals surface area (Å²) in [5.41, 5.74) is 0.675. The number of hydrogen-bond donors (Lipinski definition) is 1. The molecule has 0 aromatic heterocycles. The molecule has 0 bridgehead atoms. The van der Waals surface area contributed by atoms with Crippen molar-refractivity contribution < 1.29 is 14.3 Å². The SMILES string of the molecule is O=C(CBr)Nc1cc2c(cc1Br)OCCO2. The third kappa shape index (κ3) is 2.49. The third-order valence-electron chi connectivity index (χ3n) is 2.03. The zero-order valence-electron chi connectivity index (χ0n) is 8.26. The van der Waals surface area contributed by atoms with Gasteiger partial charge in [0.25, 0.3) is 0 Å². The van der Waals surface area contributed by atoms with E-state index < -0.39 is 0 Å². The molecule has 16 heavy (non-hydrogen) atoms. The van der Waals surface area contributed by atoms with E-state index in [1.54, 1.807) is 12.1 Å². The molecule has 1 N–H and O–H groups in total. The van der Waals surface area contributed by atoms with Crippen molar-refractivity contribution in [2.45, 2.75) is 0 Å². The fourth-order valence-electron chi connectivity index (χ4n) is 1.34. The molecule has 0 spiro atoms. The van der Waals surface area contributed by atoms with Crippen molar-refractivity contribution in [1.29, 1.82) is 0 Å². The minimum absolute atomic E-state index is 0.114. The van der Waals surface area contributed by atoms with E-state index in [4.69, 9.17) is 9.47 Å². The summed E-state index contributed by atoms with van der Waals surface area (Å²) in [6, 6.07) is 3.54. The summed E-state index contributed by atoms with van der Waals surface area (Å²) in [4.78, 5) is 11.3. The van der Waals surface area contributed by atoms with Crippen LogP contribution in [0.5, 0.6) is 11.5 Å². The molecule has 4 nitrogen and oxygen atoms in total. The van der Waals surface area contributed by atoms with Gasteiger partial charge in [-0.15, -0.1) is 0 Å². The molecule has 1 heterocycles. The topological polar surface area (TPSA) is 47.6 Å². The molecule has 1 amide bonds. The van der Waals surface area contributed by atoms with E-state index in [1.807, 2.05) is 0 Å². The summed E-state index contributed by atoms with van der Waals surface area (Å²) in [5.74, 6) is 1.23. The molecule has 0 atom stereocenters. The van der Waals surface area contributed by atoms with Gasteiger partial charge in [-0.1, -0.05) is 15.9 Å². The smallest absolute Gasteiger partial charge is 0.235 e. The predicted molar refractivity (Wildman–Crippen MR) is 67.6 cm³/mol. The Hall–Kier alpha value is -0.750. The summed E-state index contributed by atoms with van der Waals surface area (Å²) in [7, 11) is 0. The Bertz CT molecular complexity index is 423. The molecule has 0 aliphatic carbocycles. The maximum absolute atomic E-state index is 11.3. The van der Waals surface area contributed by atoms with Gasteiger partial charge in [-0.25, -0.2) is 0 Å². The van der Waals surface area contributed by atoms with E-state index in [-0.39, 0.29) is 11.2 Å². The van der Waals surface area contributed by atoms with Crippen molar-refractivity contribution in [3.05, 3.63) is 16.6 Å². The van der Waals surface area contributed by atoms with Crippen LogP contribution in [0, 0.1) is 0 Å². The molecule has 0 radical (unpaired) electrons. The second-order valence-electron chi connectivity index (χ2n) is 3.16. The maximum atomic E-state index is 11.3. The lowest BCUT2D eigenvalue weighted by Gasteiger charge is -2.20. The average molecular weight is 351 g/mol. The van der Waals surface area contributed by atoms with Crippen LogP contribution < -0.4 is 14.8 Å². The Balaban J connectivity index is 2.28. The molecular weight excluding hydrogens is 342 g/mol. The van der Waals surface area contributed by atoms with Crippen LogP contribution in [-0.2, 0) is 4.79 Å². The van der Waals surface area contributed by atoms with Gasteiger partial charge in [-0.3, -0.25) is 4.79 Å². The number of carbonyl (C=O) groups excluding carboxylic acids is 1. The Morgan fingerprint density at radius 2 is 1.94 bits per heavy atom. The second-order valence-corrected chi connectivity index (χ2v) is 4.57. The highest BCUT2D eigenvalue weighted by Gasteiger charge is 2.15. The molecule has 1 aromatic rings. The molecule has 2 rings (SSSR count). The number of anilines is 1. The second kappa shape index (κ2) is 5.05. The van der Waals surface area contributed by atoms with Crippen LogP contribution in [0.1, 0.15) is 0 Å². The number of nitrogens with one attached hydrogen (secondary N) is 1. The van der Waals surface area contributed by atoms with Crippen molar-refractivity contribution in [2.24, 2.45) is 0 Å². The van der Waals surface area contributed by atoms with Gasteiger partial charge >= 0.3 is 0 Å². The third-order valence-corrected chi connectivity index (χ3v) is 3.19. The average Bonchev–Trinajstić information content (AvgIpc) is 2.30. The molecule has 6 heteroatoms. The predicted octanol–water partition coefficient (Wildman–Crippen LogP) is 2.55. The lowest BCUT2D eigenvalue weighted by molar-refractivity contribution is -0.113. The standard InChI is InChI=1S/C10H9Br2NO3/c11-5-10(14)13-7-4-9-8(3-6(7)12)15-1-2-16-9/h3-4H,1-2,5H2,(H,13,14). The van der Waals surface area contributed by atoms with Gasteiger partial charge < -0.3 is 14.8 Å². The molecule has 0 saturated heterocycles. The molecule has 1 aliphatic heterocycles. The quantitative estimate of drug-likeness (QED) is 0.834. The zero-order chi connectivity index (χ0) is 11.5. The number of hydrogen-bond acceptors (Lipinski definition) is 3. The van der Waals surface area contributed by atoms with Gasteiger partial charge in [0.2, 0.25) is 5.91 Å². The minimum atomic E-state index is -0.114. The molecular formula is C10H9Br2NO3. The van der Waals surface area contributed by atoms with E-state index in [9.17, 15) is 4.79 Å². The van der Waals surface area contributed by atoms with Crippen LogP contribution in [0.2, 0.25) is 0 Å². The number of benzene rings is 1. The number of amides is 1. The number of alkyl halides is 1. The van der Waals surface area contributed by atoms with Gasteiger partial charge in [0, 0.05) is 16.6 Å². The first-order chi connectivity index (χ1) is 7.70. The number of fused-ring (bicyclic) bond motifs is 1. The highest BCUT2D eigenvalue weighted by molar-refractivity contribution is 9.10. The van der Waals surface area contributed by atoms with E-state index in [0.29, 0.717) is 30.4 Å². The minimum Gasteiger partial charge on any atom is -0.486 e. The van der Waals surface area contributed by atoms with Crippen molar-refractivity contribution >= 4 is 43.5 Å². The Morgan fingerprint density at radius 1 is 1.31 bits per heavy atom. The van der Waals surface area contributed by atoms with Crippen LogP contribution in [0.4, 0.5) is 5.69 Å². The first-order valence-electron chi connectivity index (χ1n) is 4.65. The maximum Gasteiger partial charge on any atom is 0.235 e. The summed E-state index contributed by atoms with van der Waals surface area (Å²) >= 11 is 6.46. The van der Waals surface area contributed by atoms with Crippen molar-refractivity contribution in [3.63, 3.8) is 0 Å². The van der Waals surface area contributed by atoms with E-state index in [1.165, 1.54) is 0 Å². The molecule has 0 fully saturated rings. The van der Waals surface area contributed by atoms with Gasteiger partial charge in [0.05, 0.1) is 11.0 Å². The summed E-state index contributed by atoms with van der Waals surface area (Å²) in [6.07, 6.45) is 0. The summed E-state index contributed by atoms with van der Waals surface area (Å²) < 4.78 is 11.6. The normalized spacial score (nSPS) is 13.4. The lowest BCUT2D eigenvalue weighted by atomic mass is 10.2. The number of rotatable bonds is 2. The Kier molecular flexibility index (Phi) is 3.70. The van der Waals surface area contributed by atoms with Gasteiger partial charge in [0.15, 0.2) is 11.5 Å². The van der Waals surface area contributed by atoms with Gasteiger partial charge in [-0.05, 0) is 15.9 Å². The zero-order valence-corrected chi connectivity index (χ0v) is 11.4. The fourth-order valence-corrected chi connectivity index (χ4v) is 1.91. The first kappa shape index (κ1) is 11.7. The van der Waals surface area contributed by atoms with Crippen molar-refractivity contribution in [3.8, 4) is 11.5 Å². The van der Waals surface area contributed by atoms with Crippen LogP contribution in [-0.4, -0.2) is 24.5 Å². The van der Waals surface area contributed by atoms with E-state index >= 15 is 0 Å². The van der Waals surface area contributed by atoms with E-state index in [0.717, 1.165) is 4.47 Å². The molecule has 0 saturated carbocycles. The highest BCUT2D eigenvalue weighted by Crippen LogP contribution is 2.38. The molecule has 86 valence electrons. The lowest BCUT2D eigenvalue weighted by Crippen LogP contribution is -2.17. The molecule has 0 unspecified atom stereocenters. The van der Waals surface area contributed by atoms with Gasteiger partial charge in [0.1, 0.15) is 13.2 Å². The Labute approximate surface area is 110 Å². The van der Waals surface area contributed by atoms with Crippen LogP contribution in [0.3, 0.4) is 0 Å². The molecule has 1 aliphatic rings. The van der Waals surface area contributed by atoms with E-state index in [2.05, 4.69) is 37.2 Å². The largest absolute Gasteiger partial charge is 0.486 e. The number of carbonyl (C=O) groups is 1. The number of ether oxygens (including phenoxy) is 2. The highest BCUT2D eigenvalue weighted by atomic mass is 79.9. The van der Waals surface area contributed by atoms with Crippen LogP contribution in [0.15, 0.2) is 16.6 Å². The number of halogens is 2. The Morgan fingerprint density at radius 3 is 2.56 bits per heavy atom. The first-order valence-corrected chi connectivity index (χ1v) is 6.57. The summed E-state index contributed by atoms with van der Waals surface area (Å²) in [6.45, 7) is 1.08. The van der Waals surface area contributed by atoms with Crippen molar-refractivity contribution in [1.82, 2.24) is 0 Å². The van der Waals surface area contributed by atoms with Crippen molar-refractivity contribution in [2.75, 3.05) is 23.9 Å². The van der Waals surface area contributed by atoms with Crippen LogP contribution in [0.25, 0.3) is 0 Å². The van der Waals surface area contributed by atoms with Gasteiger partial charge in [-0.2, -0.15) is 0 Å². The fraction of sp³-hybridized carbons (Fsp3) is 0.300.